The first kappa shape index (κ1) is 24.6. The van der Waals surface area contributed by atoms with Crippen molar-refractivity contribution in [1.29, 1.82) is 0 Å². The van der Waals surface area contributed by atoms with Gasteiger partial charge in [-0.15, -0.1) is 0 Å². The molecule has 180 valence electrons. The minimum atomic E-state index is -0.440. The maximum Gasteiger partial charge on any atom is 0.269 e. The lowest BCUT2D eigenvalue weighted by Gasteiger charge is -2.14. The van der Waals surface area contributed by atoms with Crippen LogP contribution < -0.4 is 20.9 Å². The number of carbonyl (C=O) groups excluding carboxylic acids is 2. The number of thiocarbonyl (C=S) groups is 1. The monoisotopic (exact) mass is 495 g/mol. The molecule has 0 heterocycles. The van der Waals surface area contributed by atoms with Crippen LogP contribution in [0.1, 0.15) is 26.3 Å². The van der Waals surface area contributed by atoms with E-state index in [4.69, 9.17) is 17.0 Å². The van der Waals surface area contributed by atoms with E-state index >= 15 is 0 Å². The van der Waals surface area contributed by atoms with Crippen molar-refractivity contribution in [1.82, 2.24) is 16.2 Å². The van der Waals surface area contributed by atoms with Crippen molar-refractivity contribution in [2.45, 2.75) is 6.42 Å². The molecule has 0 spiro atoms. The summed E-state index contributed by atoms with van der Waals surface area (Å²) in [5, 5.41) is 2.53. The molecule has 0 unspecified atom stereocenters. The quantitative estimate of drug-likeness (QED) is 0.250. The predicted molar refractivity (Wildman–Crippen MR) is 145 cm³/mol. The maximum atomic E-state index is 12.8. The first-order valence-electron chi connectivity index (χ1n) is 11.4. The summed E-state index contributed by atoms with van der Waals surface area (Å²) in [6, 6.07) is 34.0. The van der Waals surface area contributed by atoms with Crippen molar-refractivity contribution in [3.8, 4) is 16.9 Å². The second-order valence-corrected chi connectivity index (χ2v) is 8.29. The van der Waals surface area contributed by atoms with Crippen LogP contribution in [-0.2, 0) is 6.42 Å². The highest BCUT2D eigenvalue weighted by Gasteiger charge is 2.14. The molecule has 2 amide bonds. The third-order valence-electron chi connectivity index (χ3n) is 5.39. The summed E-state index contributed by atoms with van der Waals surface area (Å²) >= 11 is 5.18. The molecule has 0 atom stereocenters. The first-order chi connectivity index (χ1) is 17.6. The molecule has 0 aliphatic heterocycles. The van der Waals surface area contributed by atoms with E-state index in [0.29, 0.717) is 23.5 Å². The van der Waals surface area contributed by atoms with Crippen LogP contribution in [0.5, 0.6) is 5.75 Å². The minimum absolute atomic E-state index is 0.0339. The zero-order valence-electron chi connectivity index (χ0n) is 19.4. The van der Waals surface area contributed by atoms with E-state index in [1.165, 1.54) is 0 Å². The predicted octanol–water partition coefficient (Wildman–Crippen LogP) is 4.92. The smallest absolute Gasteiger partial charge is 0.269 e. The standard InChI is InChI=1S/C29H25N3O3S/c33-27(24-17-15-23(16-18-24)22-11-5-2-6-12-22)31-32-29(36)30-28(34)25-13-7-8-14-26(25)35-20-19-21-9-3-1-4-10-21/h1-18H,19-20H2,(H,31,33)(H2,30,32,34,36). The number of rotatable bonds is 7. The molecule has 0 aromatic heterocycles. The number of hydrogen-bond donors (Lipinski definition) is 3. The molecule has 0 saturated heterocycles. The van der Waals surface area contributed by atoms with Crippen LogP contribution >= 0.6 is 12.2 Å². The Kier molecular flexibility index (Phi) is 8.40. The molecular formula is C29H25N3O3S. The molecule has 0 aliphatic carbocycles. The van der Waals surface area contributed by atoms with Gasteiger partial charge in [-0.05, 0) is 53.2 Å². The van der Waals surface area contributed by atoms with Gasteiger partial charge in [-0.2, -0.15) is 0 Å². The van der Waals surface area contributed by atoms with Gasteiger partial charge in [0.1, 0.15) is 5.75 Å². The number of nitrogens with one attached hydrogen (secondary N) is 3. The normalized spacial score (nSPS) is 10.2. The van der Waals surface area contributed by atoms with Crippen molar-refractivity contribution in [2.24, 2.45) is 0 Å². The zero-order valence-corrected chi connectivity index (χ0v) is 20.3. The van der Waals surface area contributed by atoms with E-state index in [0.717, 1.165) is 23.1 Å². The number of benzene rings is 4. The number of ether oxygens (including phenoxy) is 1. The van der Waals surface area contributed by atoms with Gasteiger partial charge in [-0.25, -0.2) is 0 Å². The second-order valence-electron chi connectivity index (χ2n) is 7.89. The van der Waals surface area contributed by atoms with E-state index in [1.807, 2.05) is 72.8 Å². The maximum absolute atomic E-state index is 12.8. The Morgan fingerprint density at radius 1 is 0.667 bits per heavy atom. The average molecular weight is 496 g/mol. The Morgan fingerprint density at radius 2 is 1.28 bits per heavy atom. The lowest BCUT2D eigenvalue weighted by molar-refractivity contribution is 0.0933. The van der Waals surface area contributed by atoms with Crippen LogP contribution in [-0.4, -0.2) is 23.5 Å². The third-order valence-corrected chi connectivity index (χ3v) is 5.60. The van der Waals surface area contributed by atoms with Gasteiger partial charge in [0.25, 0.3) is 11.8 Å². The van der Waals surface area contributed by atoms with E-state index in [-0.39, 0.29) is 11.0 Å². The van der Waals surface area contributed by atoms with Crippen LogP contribution in [0, 0.1) is 0 Å². The molecule has 7 heteroatoms. The highest BCUT2D eigenvalue weighted by atomic mass is 32.1. The highest BCUT2D eigenvalue weighted by molar-refractivity contribution is 7.80. The molecule has 0 fully saturated rings. The molecule has 0 radical (unpaired) electrons. The fourth-order valence-electron chi connectivity index (χ4n) is 3.54. The van der Waals surface area contributed by atoms with E-state index in [1.54, 1.807) is 36.4 Å². The van der Waals surface area contributed by atoms with Gasteiger partial charge in [0.2, 0.25) is 0 Å². The van der Waals surface area contributed by atoms with Gasteiger partial charge in [-0.3, -0.25) is 25.8 Å². The lowest BCUT2D eigenvalue weighted by atomic mass is 10.0. The van der Waals surface area contributed by atoms with Gasteiger partial charge < -0.3 is 4.74 Å². The minimum Gasteiger partial charge on any atom is -0.492 e. The van der Waals surface area contributed by atoms with Crippen LogP contribution in [0.25, 0.3) is 11.1 Å². The Morgan fingerprint density at radius 3 is 2.00 bits per heavy atom. The number of para-hydroxylation sites is 1. The van der Waals surface area contributed by atoms with Gasteiger partial charge in [-0.1, -0.05) is 84.9 Å². The lowest BCUT2D eigenvalue weighted by Crippen LogP contribution is -2.48. The Hall–Kier alpha value is -4.49. The molecule has 4 aromatic rings. The van der Waals surface area contributed by atoms with Crippen LogP contribution in [0.3, 0.4) is 0 Å². The summed E-state index contributed by atoms with van der Waals surface area (Å²) in [4.78, 5) is 25.2. The highest BCUT2D eigenvalue weighted by Crippen LogP contribution is 2.20. The molecular weight excluding hydrogens is 470 g/mol. The first-order valence-corrected chi connectivity index (χ1v) is 11.8. The topological polar surface area (TPSA) is 79.5 Å². The van der Waals surface area contributed by atoms with Crippen molar-refractivity contribution in [2.75, 3.05) is 6.61 Å². The van der Waals surface area contributed by atoms with Crippen LogP contribution in [0.2, 0.25) is 0 Å². The number of hydrogen-bond acceptors (Lipinski definition) is 4. The molecule has 3 N–H and O–H groups in total. The summed E-state index contributed by atoms with van der Waals surface area (Å²) in [5.74, 6) is -0.364. The summed E-state index contributed by atoms with van der Waals surface area (Å²) in [7, 11) is 0. The fourth-order valence-corrected chi connectivity index (χ4v) is 3.68. The molecule has 0 aliphatic rings. The van der Waals surface area contributed by atoms with Crippen molar-refractivity contribution < 1.29 is 14.3 Å². The molecule has 36 heavy (non-hydrogen) atoms. The second kappa shape index (κ2) is 12.3. The van der Waals surface area contributed by atoms with E-state index in [2.05, 4.69) is 16.2 Å². The van der Waals surface area contributed by atoms with Gasteiger partial charge >= 0.3 is 0 Å². The SMILES string of the molecule is O=C(NNC(=S)NC(=O)c1ccccc1OCCc1ccccc1)c1ccc(-c2ccccc2)cc1. The van der Waals surface area contributed by atoms with Gasteiger partial charge in [0.15, 0.2) is 5.11 Å². The Bertz CT molecular complexity index is 1330. The average Bonchev–Trinajstić information content (AvgIpc) is 2.93. The largest absolute Gasteiger partial charge is 0.492 e. The molecule has 0 saturated carbocycles. The fraction of sp³-hybridized carbons (Fsp3) is 0.0690. The summed E-state index contributed by atoms with van der Waals surface area (Å²) in [5.41, 5.74) is 9.10. The summed E-state index contributed by atoms with van der Waals surface area (Å²) < 4.78 is 5.85. The van der Waals surface area contributed by atoms with Crippen molar-refractivity contribution in [3.05, 3.63) is 126 Å². The van der Waals surface area contributed by atoms with E-state index < -0.39 is 5.91 Å². The van der Waals surface area contributed by atoms with Gasteiger partial charge in [0.05, 0.1) is 12.2 Å². The van der Waals surface area contributed by atoms with E-state index in [9.17, 15) is 9.59 Å². The molecule has 0 bridgehead atoms. The van der Waals surface area contributed by atoms with Gasteiger partial charge in [0, 0.05) is 12.0 Å². The summed E-state index contributed by atoms with van der Waals surface area (Å²) in [6.07, 6.45) is 0.717. The van der Waals surface area contributed by atoms with Crippen molar-refractivity contribution in [3.63, 3.8) is 0 Å². The van der Waals surface area contributed by atoms with Crippen LogP contribution in [0.4, 0.5) is 0 Å². The zero-order chi connectivity index (χ0) is 25.2. The number of carbonyl (C=O) groups is 2. The number of hydrazine groups is 1. The van der Waals surface area contributed by atoms with Crippen LogP contribution in [0.15, 0.2) is 109 Å². The molecule has 4 rings (SSSR count). The molecule has 6 nitrogen and oxygen atoms in total. The number of amides is 2. The Labute approximate surface area is 215 Å². The molecule has 4 aromatic carbocycles. The summed E-state index contributed by atoms with van der Waals surface area (Å²) in [6.45, 7) is 0.427. The third kappa shape index (κ3) is 6.77. The van der Waals surface area contributed by atoms with Crippen molar-refractivity contribution >= 4 is 29.1 Å². The Balaban J connectivity index is 1.27.